The molecule has 0 aliphatic rings. The van der Waals surface area contributed by atoms with E-state index in [0.29, 0.717) is 11.3 Å². The fraction of sp³-hybridized carbons (Fsp3) is 0.167. The third-order valence-corrected chi connectivity index (χ3v) is 3.19. The smallest absolute Gasteiger partial charge is 0.185 e. The highest BCUT2D eigenvalue weighted by Gasteiger charge is 2.03. The topological polar surface area (TPSA) is 26.3 Å². The molecule has 0 fully saturated rings. The molecular weight excluding hydrogens is 248 g/mol. The van der Waals surface area contributed by atoms with Crippen molar-refractivity contribution in [2.75, 3.05) is 7.11 Å². The molecule has 2 heteroatoms. The molecule has 2 aromatic rings. The molecule has 20 heavy (non-hydrogen) atoms. The monoisotopic (exact) mass is 266 g/mol. The zero-order valence-electron chi connectivity index (χ0n) is 12.0. The summed E-state index contributed by atoms with van der Waals surface area (Å²) < 4.78 is 5.12. The fourth-order valence-corrected chi connectivity index (χ4v) is 2.05. The summed E-state index contributed by atoms with van der Waals surface area (Å²) in [6, 6.07) is 13.4. The normalized spacial score (nSPS) is 10.8. The molecule has 0 N–H and O–H groups in total. The van der Waals surface area contributed by atoms with Crippen molar-refractivity contribution in [3.05, 3.63) is 70.8 Å². The maximum absolute atomic E-state index is 12.1. The first-order valence-corrected chi connectivity index (χ1v) is 6.54. The van der Waals surface area contributed by atoms with Crippen LogP contribution in [0.15, 0.2) is 48.5 Å². The van der Waals surface area contributed by atoms with Crippen LogP contribution in [0.4, 0.5) is 0 Å². The molecular formula is C18H18O2. The van der Waals surface area contributed by atoms with Gasteiger partial charge in [-0.15, -0.1) is 0 Å². The number of methoxy groups -OCH3 is 1. The van der Waals surface area contributed by atoms with Crippen LogP contribution in [-0.4, -0.2) is 12.9 Å². The van der Waals surface area contributed by atoms with Crippen molar-refractivity contribution < 1.29 is 9.53 Å². The lowest BCUT2D eigenvalue weighted by molar-refractivity contribution is 0.104. The predicted molar refractivity (Wildman–Crippen MR) is 82.3 cm³/mol. The summed E-state index contributed by atoms with van der Waals surface area (Å²) in [6.45, 7) is 4.10. The Labute approximate surface area is 119 Å². The van der Waals surface area contributed by atoms with Crippen molar-refractivity contribution in [2.45, 2.75) is 13.8 Å². The molecule has 0 heterocycles. The third-order valence-electron chi connectivity index (χ3n) is 3.19. The van der Waals surface area contributed by atoms with Crippen LogP contribution in [0.1, 0.15) is 27.0 Å². The van der Waals surface area contributed by atoms with Gasteiger partial charge < -0.3 is 4.74 Å². The van der Waals surface area contributed by atoms with Gasteiger partial charge >= 0.3 is 0 Å². The lowest BCUT2D eigenvalue weighted by Crippen LogP contribution is -1.95. The van der Waals surface area contributed by atoms with E-state index < -0.39 is 0 Å². The Bertz CT molecular complexity index is 654. The molecule has 0 saturated heterocycles. The van der Waals surface area contributed by atoms with Crippen molar-refractivity contribution in [1.82, 2.24) is 0 Å². The third kappa shape index (κ3) is 3.35. The highest BCUT2D eigenvalue weighted by molar-refractivity contribution is 6.07. The van der Waals surface area contributed by atoms with E-state index in [1.807, 2.05) is 37.3 Å². The Morgan fingerprint density at radius 2 is 1.90 bits per heavy atom. The van der Waals surface area contributed by atoms with E-state index in [4.69, 9.17) is 4.74 Å². The second-order valence-electron chi connectivity index (χ2n) is 4.79. The number of carbonyl (C=O) groups is 1. The average Bonchev–Trinajstić information content (AvgIpc) is 2.46. The van der Waals surface area contributed by atoms with Gasteiger partial charge in [0.15, 0.2) is 5.78 Å². The molecule has 0 unspecified atom stereocenters. The number of ether oxygens (including phenoxy) is 1. The fourth-order valence-electron chi connectivity index (χ4n) is 2.05. The van der Waals surface area contributed by atoms with E-state index in [1.54, 1.807) is 25.3 Å². The van der Waals surface area contributed by atoms with Crippen molar-refractivity contribution in [3.63, 3.8) is 0 Å². The van der Waals surface area contributed by atoms with Gasteiger partial charge in [-0.2, -0.15) is 0 Å². The van der Waals surface area contributed by atoms with Gasteiger partial charge in [-0.1, -0.05) is 42.0 Å². The van der Waals surface area contributed by atoms with Crippen LogP contribution in [0, 0.1) is 13.8 Å². The zero-order valence-corrected chi connectivity index (χ0v) is 12.0. The van der Waals surface area contributed by atoms with Crippen molar-refractivity contribution >= 4 is 11.9 Å². The number of hydrogen-bond acceptors (Lipinski definition) is 2. The first-order valence-electron chi connectivity index (χ1n) is 6.54. The van der Waals surface area contributed by atoms with Crippen LogP contribution >= 0.6 is 0 Å². The largest absolute Gasteiger partial charge is 0.497 e. The van der Waals surface area contributed by atoms with Gasteiger partial charge in [0, 0.05) is 5.56 Å². The van der Waals surface area contributed by atoms with Gasteiger partial charge in [0.25, 0.3) is 0 Å². The Morgan fingerprint density at radius 3 is 2.60 bits per heavy atom. The molecule has 2 rings (SSSR count). The van der Waals surface area contributed by atoms with Gasteiger partial charge in [-0.3, -0.25) is 4.79 Å². The number of carbonyl (C=O) groups excluding carboxylic acids is 1. The molecule has 0 saturated carbocycles. The minimum absolute atomic E-state index is 0.0242. The van der Waals surface area contributed by atoms with E-state index in [9.17, 15) is 4.79 Å². The molecule has 2 aromatic carbocycles. The van der Waals surface area contributed by atoms with Gasteiger partial charge in [-0.25, -0.2) is 0 Å². The maximum atomic E-state index is 12.1. The first kappa shape index (κ1) is 14.1. The van der Waals surface area contributed by atoms with Gasteiger partial charge in [0.1, 0.15) is 5.75 Å². The van der Waals surface area contributed by atoms with Crippen LogP contribution in [-0.2, 0) is 0 Å². The van der Waals surface area contributed by atoms with Crippen LogP contribution < -0.4 is 4.74 Å². The van der Waals surface area contributed by atoms with E-state index in [2.05, 4.69) is 13.0 Å². The second-order valence-corrected chi connectivity index (χ2v) is 4.79. The molecule has 0 atom stereocenters. The van der Waals surface area contributed by atoms with Crippen molar-refractivity contribution in [1.29, 1.82) is 0 Å². The van der Waals surface area contributed by atoms with Crippen molar-refractivity contribution in [2.24, 2.45) is 0 Å². The lowest BCUT2D eigenvalue weighted by Gasteiger charge is -2.03. The molecule has 0 amide bonds. The van der Waals surface area contributed by atoms with E-state index in [1.165, 1.54) is 11.1 Å². The van der Waals surface area contributed by atoms with E-state index >= 15 is 0 Å². The SMILES string of the molecule is COc1cccc(C(=O)/C=C/c2ccc(C)cc2C)c1. The summed E-state index contributed by atoms with van der Waals surface area (Å²) in [4.78, 5) is 12.1. The molecule has 0 spiro atoms. The van der Waals surface area contributed by atoms with Crippen LogP contribution in [0.3, 0.4) is 0 Å². The lowest BCUT2D eigenvalue weighted by atomic mass is 10.0. The number of hydrogen-bond donors (Lipinski definition) is 0. The van der Waals surface area contributed by atoms with Gasteiger partial charge in [-0.05, 0) is 43.2 Å². The first-order chi connectivity index (χ1) is 9.60. The number of aryl methyl sites for hydroxylation is 2. The number of benzene rings is 2. The summed E-state index contributed by atoms with van der Waals surface area (Å²) in [7, 11) is 1.59. The highest BCUT2D eigenvalue weighted by atomic mass is 16.5. The van der Waals surface area contributed by atoms with Crippen LogP contribution in [0.5, 0.6) is 5.75 Å². The molecule has 0 aliphatic heterocycles. The molecule has 102 valence electrons. The molecule has 2 nitrogen and oxygen atoms in total. The summed E-state index contributed by atoms with van der Waals surface area (Å²) in [5.74, 6) is 0.666. The summed E-state index contributed by atoms with van der Waals surface area (Å²) in [5, 5.41) is 0. The van der Waals surface area contributed by atoms with Crippen molar-refractivity contribution in [3.8, 4) is 5.75 Å². The number of ketones is 1. The zero-order chi connectivity index (χ0) is 14.5. The molecule has 0 aliphatic carbocycles. The number of rotatable bonds is 4. The quantitative estimate of drug-likeness (QED) is 0.612. The highest BCUT2D eigenvalue weighted by Crippen LogP contribution is 2.15. The summed E-state index contributed by atoms with van der Waals surface area (Å²) in [5.41, 5.74) is 4.08. The maximum Gasteiger partial charge on any atom is 0.185 e. The second kappa shape index (κ2) is 6.20. The van der Waals surface area contributed by atoms with E-state index in [0.717, 1.165) is 5.56 Å². The van der Waals surface area contributed by atoms with Gasteiger partial charge in [0.2, 0.25) is 0 Å². The minimum Gasteiger partial charge on any atom is -0.497 e. The average molecular weight is 266 g/mol. The van der Waals surface area contributed by atoms with Crippen LogP contribution in [0.25, 0.3) is 6.08 Å². The molecule has 0 aromatic heterocycles. The Balaban J connectivity index is 2.20. The Morgan fingerprint density at radius 1 is 1.10 bits per heavy atom. The minimum atomic E-state index is -0.0242. The van der Waals surface area contributed by atoms with E-state index in [-0.39, 0.29) is 5.78 Å². The predicted octanol–water partition coefficient (Wildman–Crippen LogP) is 4.21. The summed E-state index contributed by atoms with van der Waals surface area (Å²) in [6.07, 6.45) is 3.46. The summed E-state index contributed by atoms with van der Waals surface area (Å²) >= 11 is 0. The van der Waals surface area contributed by atoms with Gasteiger partial charge in [0.05, 0.1) is 7.11 Å². The standard InChI is InChI=1S/C18H18O2/c1-13-7-8-15(14(2)11-13)9-10-18(19)16-5-4-6-17(12-16)20-3/h4-12H,1-3H3/b10-9+. The molecule has 0 radical (unpaired) electrons. The number of allylic oxidation sites excluding steroid dienone is 1. The molecule has 0 bridgehead atoms. The Hall–Kier alpha value is -2.35. The van der Waals surface area contributed by atoms with Crippen LogP contribution in [0.2, 0.25) is 0 Å². The Kier molecular flexibility index (Phi) is 4.36.